The van der Waals surface area contributed by atoms with E-state index in [-0.39, 0.29) is 5.71 Å². The Balaban J connectivity index is 3.00. The molecule has 0 radical (unpaired) electrons. The van der Waals surface area contributed by atoms with E-state index in [4.69, 9.17) is 10.5 Å². The highest BCUT2D eigenvalue weighted by Gasteiger charge is 2.01. The van der Waals surface area contributed by atoms with E-state index in [0.29, 0.717) is 0 Å². The van der Waals surface area contributed by atoms with Crippen LogP contribution in [0.2, 0.25) is 0 Å². The number of hydrogen-bond acceptors (Lipinski definition) is 5. The molecular formula is C16H17N3O4S. The first-order valence-electron chi connectivity index (χ1n) is 6.71. The van der Waals surface area contributed by atoms with Crippen molar-refractivity contribution in [1.82, 2.24) is 4.72 Å². The third kappa shape index (κ3) is 9.00. The summed E-state index contributed by atoms with van der Waals surface area (Å²) in [4.78, 5) is 14.9. The molecule has 1 rings (SSSR count). The molecule has 7 nitrogen and oxygen atoms in total. The number of nitrogens with zero attached hydrogens (tertiary/aromatic N) is 1. The molecule has 0 aliphatic carbocycles. The lowest BCUT2D eigenvalue weighted by atomic mass is 10.3. The van der Waals surface area contributed by atoms with Gasteiger partial charge in [-0.3, -0.25) is 9.52 Å². The Morgan fingerprint density at radius 2 is 1.62 bits per heavy atom. The van der Waals surface area contributed by atoms with Crippen LogP contribution in [-0.4, -0.2) is 20.0 Å². The lowest BCUT2D eigenvalue weighted by Gasteiger charge is -1.96. The molecule has 0 atom stereocenters. The molecule has 0 bridgehead atoms. The molecule has 24 heavy (non-hydrogen) atoms. The van der Waals surface area contributed by atoms with Crippen LogP contribution in [0.25, 0.3) is 0 Å². The number of nitrogens with one attached hydrogen (secondary N) is 1. The van der Waals surface area contributed by atoms with Gasteiger partial charge in [0.1, 0.15) is 5.71 Å². The zero-order valence-corrected chi connectivity index (χ0v) is 13.5. The summed E-state index contributed by atoms with van der Waals surface area (Å²) in [7, 11) is -3.65. The Hall–Kier alpha value is -3.13. The summed E-state index contributed by atoms with van der Waals surface area (Å²) in [6.07, 6.45) is 19.3. The van der Waals surface area contributed by atoms with Crippen molar-refractivity contribution in [3.8, 4) is 0 Å². The summed E-state index contributed by atoms with van der Waals surface area (Å²) >= 11 is 0. The molecule has 0 aromatic rings. The molecule has 0 aromatic heterocycles. The van der Waals surface area contributed by atoms with Crippen LogP contribution in [0.5, 0.6) is 0 Å². The van der Waals surface area contributed by atoms with Crippen molar-refractivity contribution >= 4 is 21.6 Å². The van der Waals surface area contributed by atoms with Gasteiger partial charge in [-0.15, -0.1) is 0 Å². The summed E-state index contributed by atoms with van der Waals surface area (Å²) in [6, 6.07) is 0. The van der Waals surface area contributed by atoms with Gasteiger partial charge in [-0.2, -0.15) is 0 Å². The second kappa shape index (κ2) is 10.6. The first-order valence-corrected chi connectivity index (χ1v) is 8.26. The topological polar surface area (TPSA) is 111 Å². The third-order valence-electron chi connectivity index (χ3n) is 2.27. The van der Waals surface area contributed by atoms with Crippen LogP contribution in [0, 0.1) is 0 Å². The standard InChI is InChI=1S/C16H17N3O4S/c17-16(20)15-9-13-23-12-7-5-3-1-2-4-6-8-14-24(21,22)19-11-10-18-15/h1-14,19H,(H2,17,20)/b2-1+,5-3+,6-4-,11-10+,12-7+,13-9?,14-8+,18-15?. The van der Waals surface area contributed by atoms with Gasteiger partial charge < -0.3 is 10.5 Å². The summed E-state index contributed by atoms with van der Waals surface area (Å²) < 4.78 is 30.4. The largest absolute Gasteiger partial charge is 0.473 e. The van der Waals surface area contributed by atoms with Gasteiger partial charge >= 0.3 is 0 Å². The molecule has 126 valence electrons. The van der Waals surface area contributed by atoms with Gasteiger partial charge in [0.2, 0.25) is 0 Å². The molecule has 0 spiro atoms. The molecule has 1 aliphatic rings. The van der Waals surface area contributed by atoms with E-state index < -0.39 is 15.9 Å². The highest BCUT2D eigenvalue weighted by molar-refractivity contribution is 7.92. The Morgan fingerprint density at radius 3 is 2.29 bits per heavy atom. The number of primary amides is 1. The minimum atomic E-state index is -3.65. The van der Waals surface area contributed by atoms with E-state index >= 15 is 0 Å². The average Bonchev–Trinajstić information content (AvgIpc) is 2.52. The van der Waals surface area contributed by atoms with Crippen LogP contribution in [0.3, 0.4) is 0 Å². The number of amides is 1. The van der Waals surface area contributed by atoms with E-state index in [1.54, 1.807) is 42.5 Å². The average molecular weight is 347 g/mol. The predicted molar refractivity (Wildman–Crippen MR) is 93.7 cm³/mol. The van der Waals surface area contributed by atoms with Crippen LogP contribution in [0.4, 0.5) is 0 Å². The fraction of sp³-hybridized carbons (Fsp3) is 0. The number of hydrogen-bond donors (Lipinski definition) is 2. The van der Waals surface area contributed by atoms with Crippen LogP contribution >= 0.6 is 0 Å². The van der Waals surface area contributed by atoms with E-state index in [1.807, 2.05) is 0 Å². The molecule has 1 amide bonds. The SMILES string of the molecule is NC(=O)C1=N/C=C/NS(=O)(=O)/C=C/C=C\C=C\C=C\C=C\OC=C1. The minimum Gasteiger partial charge on any atom is -0.473 e. The van der Waals surface area contributed by atoms with Crippen molar-refractivity contribution in [2.45, 2.75) is 0 Å². The van der Waals surface area contributed by atoms with Gasteiger partial charge in [0, 0.05) is 18.5 Å². The van der Waals surface area contributed by atoms with Crippen molar-refractivity contribution in [2.24, 2.45) is 10.7 Å². The monoisotopic (exact) mass is 347 g/mol. The Labute approximate surface area is 140 Å². The molecule has 1 heterocycles. The number of ether oxygens (including phenoxy) is 1. The first kappa shape index (κ1) is 18.9. The zero-order valence-electron chi connectivity index (χ0n) is 12.6. The van der Waals surface area contributed by atoms with E-state index in [1.165, 1.54) is 24.7 Å². The van der Waals surface area contributed by atoms with Crippen molar-refractivity contribution < 1.29 is 17.9 Å². The van der Waals surface area contributed by atoms with Crippen LogP contribution in [0.1, 0.15) is 0 Å². The Kier molecular flexibility index (Phi) is 8.33. The molecule has 0 saturated heterocycles. The van der Waals surface area contributed by atoms with Crippen molar-refractivity contribution in [3.05, 3.63) is 85.0 Å². The molecular weight excluding hydrogens is 330 g/mol. The summed E-state index contributed by atoms with van der Waals surface area (Å²) in [5.41, 5.74) is 5.05. The molecule has 0 fully saturated rings. The number of carbonyl (C=O) groups excluding carboxylic acids is 1. The maximum Gasteiger partial charge on any atom is 0.267 e. The van der Waals surface area contributed by atoms with Gasteiger partial charge in [-0.05, 0) is 12.2 Å². The van der Waals surface area contributed by atoms with Gasteiger partial charge in [0.25, 0.3) is 15.9 Å². The van der Waals surface area contributed by atoms with Crippen molar-refractivity contribution in [1.29, 1.82) is 0 Å². The van der Waals surface area contributed by atoms with E-state index in [2.05, 4.69) is 9.71 Å². The van der Waals surface area contributed by atoms with Crippen molar-refractivity contribution in [2.75, 3.05) is 0 Å². The molecule has 0 aromatic carbocycles. The molecule has 8 heteroatoms. The maximum atomic E-state index is 11.6. The fourth-order valence-electron chi connectivity index (χ4n) is 1.24. The normalized spacial score (nSPS) is 25.9. The number of nitrogens with two attached hydrogens (primary N) is 1. The lowest BCUT2D eigenvalue weighted by molar-refractivity contribution is -0.111. The van der Waals surface area contributed by atoms with Crippen LogP contribution in [-0.2, 0) is 19.6 Å². The zero-order chi connectivity index (χ0) is 17.7. The first-order chi connectivity index (χ1) is 11.5. The fourth-order valence-corrected chi connectivity index (χ4v) is 1.87. The minimum absolute atomic E-state index is 0.103. The molecule has 3 N–H and O–H groups in total. The van der Waals surface area contributed by atoms with Gasteiger partial charge in [-0.1, -0.05) is 36.5 Å². The predicted octanol–water partition coefficient (Wildman–Crippen LogP) is 1.54. The summed E-state index contributed by atoms with van der Waals surface area (Å²) in [5, 5.41) is 0.987. The van der Waals surface area contributed by atoms with Crippen molar-refractivity contribution in [3.63, 3.8) is 0 Å². The maximum absolute atomic E-state index is 11.6. The number of aliphatic imine (C=N–C) groups is 1. The third-order valence-corrected chi connectivity index (χ3v) is 3.25. The molecule has 0 saturated carbocycles. The number of carbonyl (C=O) groups is 1. The second-order valence-corrected chi connectivity index (χ2v) is 5.71. The van der Waals surface area contributed by atoms with E-state index in [0.717, 1.165) is 17.8 Å². The Morgan fingerprint density at radius 1 is 1.00 bits per heavy atom. The summed E-state index contributed by atoms with van der Waals surface area (Å²) in [6.45, 7) is 0. The number of sulfonamides is 1. The molecule has 1 aliphatic heterocycles. The van der Waals surface area contributed by atoms with Crippen LogP contribution in [0.15, 0.2) is 90.0 Å². The molecule has 0 unspecified atom stereocenters. The van der Waals surface area contributed by atoms with Gasteiger partial charge in [0.05, 0.1) is 17.9 Å². The van der Waals surface area contributed by atoms with Crippen LogP contribution < -0.4 is 10.5 Å². The smallest absolute Gasteiger partial charge is 0.267 e. The Bertz CT molecular complexity index is 767. The highest BCUT2D eigenvalue weighted by atomic mass is 32.2. The highest BCUT2D eigenvalue weighted by Crippen LogP contribution is 1.92. The van der Waals surface area contributed by atoms with Gasteiger partial charge in [0.15, 0.2) is 0 Å². The van der Waals surface area contributed by atoms with E-state index in [9.17, 15) is 13.2 Å². The lowest BCUT2D eigenvalue weighted by Crippen LogP contribution is -2.21. The number of allylic oxidation sites excluding steroid dienone is 8. The quantitative estimate of drug-likeness (QED) is 0.749. The van der Waals surface area contributed by atoms with Gasteiger partial charge in [-0.25, -0.2) is 13.4 Å². The second-order valence-electron chi connectivity index (χ2n) is 4.11. The summed E-state index contributed by atoms with van der Waals surface area (Å²) in [5.74, 6) is -0.785. The number of rotatable bonds is 1.